The van der Waals surface area contributed by atoms with Crippen molar-refractivity contribution in [3.8, 4) is 0 Å². The zero-order valence-electron chi connectivity index (χ0n) is 11.2. The molecule has 1 N–H and O–H groups in total. The second-order valence-electron chi connectivity index (χ2n) is 5.15. The number of likely N-dealkylation sites (tertiary alicyclic amines) is 1. The van der Waals surface area contributed by atoms with Crippen LogP contribution in [0.4, 0.5) is 23.2 Å². The monoisotopic (exact) mass is 291 g/mol. The van der Waals surface area contributed by atoms with E-state index in [-0.39, 0.29) is 6.54 Å². The molecule has 0 amide bonds. The quantitative estimate of drug-likeness (QED) is 0.683. The summed E-state index contributed by atoms with van der Waals surface area (Å²) in [4.78, 5) is 4.66. The molecule has 0 aromatic carbocycles. The molecule has 2 rings (SSSR count). The van der Waals surface area contributed by atoms with Crippen molar-refractivity contribution in [3.63, 3.8) is 0 Å². The summed E-state index contributed by atoms with van der Waals surface area (Å²) in [5.41, 5.74) is -0.791. The van der Waals surface area contributed by atoms with Crippen LogP contribution in [0.3, 0.4) is 0 Å². The predicted molar refractivity (Wildman–Crippen MR) is 67.4 cm³/mol. The fraction of sp³-hybridized carbons (Fsp3) is 0.615. The molecular formula is C13H17F4N3. The van der Waals surface area contributed by atoms with Gasteiger partial charge in [0, 0.05) is 13.1 Å². The molecular weight excluding hydrogens is 274 g/mol. The highest BCUT2D eigenvalue weighted by molar-refractivity contribution is 5.45. The lowest BCUT2D eigenvalue weighted by atomic mass is 9.99. The summed E-state index contributed by atoms with van der Waals surface area (Å²) in [5, 5.41) is 2.41. The maximum absolute atomic E-state index is 13.3. The van der Waals surface area contributed by atoms with Gasteiger partial charge in [0.25, 0.3) is 11.9 Å². The lowest BCUT2D eigenvalue weighted by molar-refractivity contribution is 0.199. The van der Waals surface area contributed by atoms with Crippen molar-refractivity contribution in [2.75, 3.05) is 31.5 Å². The van der Waals surface area contributed by atoms with Gasteiger partial charge in [-0.3, -0.25) is 0 Å². The standard InChI is InChI=1S/C13H17F4N3/c1-8-2-5-20(6-3-8)7-4-18-11-9(14)12(16)19-13(17)10(11)15/h8H,2-7H2,1H3,(H,18,19). The van der Waals surface area contributed by atoms with Gasteiger partial charge in [-0.2, -0.15) is 22.5 Å². The van der Waals surface area contributed by atoms with Crippen LogP contribution in [0, 0.1) is 29.4 Å². The molecule has 20 heavy (non-hydrogen) atoms. The molecule has 1 fully saturated rings. The lowest BCUT2D eigenvalue weighted by Crippen LogP contribution is -2.36. The van der Waals surface area contributed by atoms with Crippen molar-refractivity contribution in [1.29, 1.82) is 0 Å². The number of aromatic nitrogens is 1. The van der Waals surface area contributed by atoms with E-state index in [1.165, 1.54) is 0 Å². The fourth-order valence-corrected chi connectivity index (χ4v) is 2.27. The number of hydrogen-bond acceptors (Lipinski definition) is 3. The number of rotatable bonds is 4. The molecule has 1 aromatic rings. The van der Waals surface area contributed by atoms with E-state index in [9.17, 15) is 17.6 Å². The van der Waals surface area contributed by atoms with Gasteiger partial charge in [0.2, 0.25) is 11.6 Å². The molecule has 1 saturated heterocycles. The van der Waals surface area contributed by atoms with Gasteiger partial charge in [0.15, 0.2) is 0 Å². The van der Waals surface area contributed by atoms with Gasteiger partial charge in [0.05, 0.1) is 0 Å². The van der Waals surface area contributed by atoms with Crippen molar-refractivity contribution < 1.29 is 17.6 Å². The van der Waals surface area contributed by atoms with E-state index < -0.39 is 29.2 Å². The maximum Gasteiger partial charge on any atom is 0.253 e. The minimum atomic E-state index is -1.64. The molecule has 0 radical (unpaired) electrons. The van der Waals surface area contributed by atoms with Crippen LogP contribution in [0.5, 0.6) is 0 Å². The van der Waals surface area contributed by atoms with Crippen molar-refractivity contribution >= 4 is 5.69 Å². The van der Waals surface area contributed by atoms with Crippen LogP contribution in [0.2, 0.25) is 0 Å². The summed E-state index contributed by atoms with van der Waals surface area (Å²) < 4.78 is 52.5. The van der Waals surface area contributed by atoms with Crippen LogP contribution in [-0.4, -0.2) is 36.1 Å². The van der Waals surface area contributed by atoms with Crippen LogP contribution >= 0.6 is 0 Å². The number of nitrogens with one attached hydrogen (secondary N) is 1. The second-order valence-corrected chi connectivity index (χ2v) is 5.15. The summed E-state index contributed by atoms with van der Waals surface area (Å²) in [6.45, 7) is 4.81. The molecule has 0 aliphatic carbocycles. The number of piperidine rings is 1. The van der Waals surface area contributed by atoms with Crippen LogP contribution in [0.15, 0.2) is 0 Å². The van der Waals surface area contributed by atoms with Crippen molar-refractivity contribution in [2.24, 2.45) is 5.92 Å². The van der Waals surface area contributed by atoms with Gasteiger partial charge >= 0.3 is 0 Å². The number of pyridine rings is 1. The number of halogens is 4. The average Bonchev–Trinajstić information content (AvgIpc) is 2.42. The third kappa shape index (κ3) is 3.39. The molecule has 0 atom stereocenters. The smallest absolute Gasteiger partial charge is 0.253 e. The predicted octanol–water partition coefficient (Wildman–Crippen LogP) is 2.78. The fourth-order valence-electron chi connectivity index (χ4n) is 2.27. The van der Waals surface area contributed by atoms with Gasteiger partial charge in [-0.05, 0) is 31.8 Å². The molecule has 0 saturated carbocycles. The van der Waals surface area contributed by atoms with Crippen LogP contribution in [0.25, 0.3) is 0 Å². The Balaban J connectivity index is 1.91. The molecule has 2 heterocycles. The molecule has 7 heteroatoms. The van der Waals surface area contributed by atoms with Gasteiger partial charge < -0.3 is 10.2 Å². The Kier molecular flexibility index (Phi) is 4.80. The van der Waals surface area contributed by atoms with E-state index >= 15 is 0 Å². The minimum Gasteiger partial charge on any atom is -0.379 e. The molecule has 3 nitrogen and oxygen atoms in total. The van der Waals surface area contributed by atoms with E-state index in [0.29, 0.717) is 12.5 Å². The van der Waals surface area contributed by atoms with Crippen molar-refractivity contribution in [2.45, 2.75) is 19.8 Å². The highest BCUT2D eigenvalue weighted by Gasteiger charge is 2.21. The minimum absolute atomic E-state index is 0.213. The Labute approximate surface area is 115 Å². The topological polar surface area (TPSA) is 28.2 Å². The van der Waals surface area contributed by atoms with Crippen LogP contribution < -0.4 is 5.32 Å². The summed E-state index contributed by atoms with van der Waals surface area (Å²) in [6, 6.07) is 0. The maximum atomic E-state index is 13.3. The Morgan fingerprint density at radius 2 is 1.65 bits per heavy atom. The Morgan fingerprint density at radius 3 is 2.20 bits per heavy atom. The first-order chi connectivity index (χ1) is 9.49. The summed E-state index contributed by atoms with van der Waals surface area (Å²) >= 11 is 0. The van der Waals surface area contributed by atoms with Crippen molar-refractivity contribution in [1.82, 2.24) is 9.88 Å². The van der Waals surface area contributed by atoms with Gasteiger partial charge in [-0.15, -0.1) is 0 Å². The molecule has 112 valence electrons. The Bertz CT molecular complexity index is 447. The molecule has 0 unspecified atom stereocenters. The molecule has 1 aromatic heterocycles. The number of hydrogen-bond donors (Lipinski definition) is 1. The molecule has 0 spiro atoms. The highest BCUT2D eigenvalue weighted by Crippen LogP contribution is 2.22. The first-order valence-electron chi connectivity index (χ1n) is 6.65. The third-order valence-electron chi connectivity index (χ3n) is 3.60. The SMILES string of the molecule is CC1CCN(CCNc2c(F)c(F)nc(F)c2F)CC1. The molecule has 1 aliphatic rings. The van der Waals surface area contributed by atoms with E-state index in [4.69, 9.17) is 0 Å². The largest absolute Gasteiger partial charge is 0.379 e. The van der Waals surface area contributed by atoms with Gasteiger partial charge in [-0.25, -0.2) is 0 Å². The number of nitrogens with zero attached hydrogens (tertiary/aromatic N) is 2. The van der Waals surface area contributed by atoms with E-state index in [1.54, 1.807) is 0 Å². The number of anilines is 1. The molecule has 1 aliphatic heterocycles. The van der Waals surface area contributed by atoms with Crippen LogP contribution in [0.1, 0.15) is 19.8 Å². The Morgan fingerprint density at radius 1 is 1.10 bits per heavy atom. The summed E-state index contributed by atoms with van der Waals surface area (Å²) in [7, 11) is 0. The van der Waals surface area contributed by atoms with E-state index in [2.05, 4.69) is 22.1 Å². The first-order valence-corrected chi connectivity index (χ1v) is 6.65. The zero-order valence-corrected chi connectivity index (χ0v) is 11.2. The highest BCUT2D eigenvalue weighted by atomic mass is 19.2. The van der Waals surface area contributed by atoms with E-state index in [0.717, 1.165) is 25.9 Å². The Hall–Kier alpha value is -1.37. The summed E-state index contributed by atoms with van der Waals surface area (Å²) in [6.07, 6.45) is 2.17. The van der Waals surface area contributed by atoms with Gasteiger partial charge in [-0.1, -0.05) is 6.92 Å². The average molecular weight is 291 g/mol. The lowest BCUT2D eigenvalue weighted by Gasteiger charge is -2.30. The molecule has 0 bridgehead atoms. The van der Waals surface area contributed by atoms with Crippen LogP contribution in [-0.2, 0) is 0 Å². The first kappa shape index (κ1) is 15.0. The summed E-state index contributed by atoms with van der Waals surface area (Å²) in [5.74, 6) is -5.57. The second kappa shape index (κ2) is 6.39. The third-order valence-corrected chi connectivity index (χ3v) is 3.60. The van der Waals surface area contributed by atoms with E-state index in [1.807, 2.05) is 0 Å². The normalized spacial score (nSPS) is 17.4. The van der Waals surface area contributed by atoms with Gasteiger partial charge in [0.1, 0.15) is 5.69 Å². The van der Waals surface area contributed by atoms with Crippen molar-refractivity contribution in [3.05, 3.63) is 23.5 Å². The zero-order chi connectivity index (χ0) is 14.7.